The molecular weight excluding hydrogens is 256 g/mol. The highest BCUT2D eigenvalue weighted by Gasteiger charge is 2.11. The SMILES string of the molecule is COCCNCc1coc(-c2cc3ccccc3o2)n1. The Morgan fingerprint density at radius 1 is 1.30 bits per heavy atom. The van der Waals surface area contributed by atoms with Gasteiger partial charge in [0.25, 0.3) is 5.89 Å². The van der Waals surface area contributed by atoms with Crippen LogP contribution in [0.4, 0.5) is 0 Å². The molecule has 0 saturated heterocycles. The number of rotatable bonds is 6. The maximum atomic E-state index is 5.71. The van der Waals surface area contributed by atoms with E-state index in [1.807, 2.05) is 30.3 Å². The first-order valence-electron chi connectivity index (χ1n) is 6.50. The average Bonchev–Trinajstić information content (AvgIpc) is 3.09. The molecule has 5 heteroatoms. The van der Waals surface area contributed by atoms with Crippen LogP contribution in [0.1, 0.15) is 5.69 Å². The third kappa shape index (κ3) is 2.74. The zero-order valence-electron chi connectivity index (χ0n) is 11.3. The molecule has 104 valence electrons. The molecule has 0 fully saturated rings. The van der Waals surface area contributed by atoms with Gasteiger partial charge >= 0.3 is 0 Å². The van der Waals surface area contributed by atoms with Crippen molar-refractivity contribution in [3.63, 3.8) is 0 Å². The predicted molar refractivity (Wildman–Crippen MR) is 75.3 cm³/mol. The van der Waals surface area contributed by atoms with Crippen molar-refractivity contribution in [3.8, 4) is 11.7 Å². The Balaban J connectivity index is 1.72. The number of nitrogens with one attached hydrogen (secondary N) is 1. The van der Waals surface area contributed by atoms with Gasteiger partial charge in [-0.1, -0.05) is 18.2 Å². The summed E-state index contributed by atoms with van der Waals surface area (Å²) in [4.78, 5) is 4.41. The number of fused-ring (bicyclic) bond motifs is 1. The topological polar surface area (TPSA) is 60.4 Å². The van der Waals surface area contributed by atoms with Gasteiger partial charge in [-0.2, -0.15) is 0 Å². The number of ether oxygens (including phenoxy) is 1. The number of furan rings is 1. The van der Waals surface area contributed by atoms with Gasteiger partial charge < -0.3 is 18.9 Å². The molecule has 1 aromatic carbocycles. The second kappa shape index (κ2) is 5.90. The van der Waals surface area contributed by atoms with Crippen LogP contribution in [-0.2, 0) is 11.3 Å². The molecule has 0 spiro atoms. The van der Waals surface area contributed by atoms with Crippen molar-refractivity contribution in [2.24, 2.45) is 0 Å². The van der Waals surface area contributed by atoms with E-state index in [-0.39, 0.29) is 0 Å². The second-order valence-electron chi connectivity index (χ2n) is 4.46. The van der Waals surface area contributed by atoms with Gasteiger partial charge in [-0.3, -0.25) is 0 Å². The number of methoxy groups -OCH3 is 1. The molecule has 0 aliphatic carbocycles. The summed E-state index contributed by atoms with van der Waals surface area (Å²) in [6, 6.07) is 9.77. The maximum absolute atomic E-state index is 5.71. The summed E-state index contributed by atoms with van der Waals surface area (Å²) in [6.07, 6.45) is 1.64. The largest absolute Gasteiger partial charge is 0.451 e. The smallest absolute Gasteiger partial charge is 0.263 e. The number of oxazole rings is 1. The fourth-order valence-electron chi connectivity index (χ4n) is 1.98. The number of nitrogens with zero attached hydrogens (tertiary/aromatic N) is 1. The molecule has 0 aliphatic heterocycles. The fourth-order valence-corrected chi connectivity index (χ4v) is 1.98. The lowest BCUT2D eigenvalue weighted by Gasteiger charge is -1.99. The van der Waals surface area contributed by atoms with Crippen molar-refractivity contribution in [2.45, 2.75) is 6.54 Å². The van der Waals surface area contributed by atoms with Crippen molar-refractivity contribution in [1.82, 2.24) is 10.3 Å². The molecule has 3 aromatic rings. The average molecular weight is 272 g/mol. The Bertz CT molecular complexity index is 654. The minimum absolute atomic E-state index is 0.504. The van der Waals surface area contributed by atoms with E-state index in [9.17, 15) is 0 Å². The lowest BCUT2D eigenvalue weighted by atomic mass is 10.2. The summed E-state index contributed by atoms with van der Waals surface area (Å²) in [7, 11) is 1.68. The van der Waals surface area contributed by atoms with Gasteiger partial charge in [-0.25, -0.2) is 4.98 Å². The summed E-state index contributed by atoms with van der Waals surface area (Å²) in [6.45, 7) is 2.10. The molecule has 0 radical (unpaired) electrons. The number of para-hydroxylation sites is 1. The molecule has 1 N–H and O–H groups in total. The highest BCUT2D eigenvalue weighted by Crippen LogP contribution is 2.26. The molecule has 2 aromatic heterocycles. The van der Waals surface area contributed by atoms with Crippen LogP contribution < -0.4 is 5.32 Å². The van der Waals surface area contributed by atoms with E-state index in [0.717, 1.165) is 23.2 Å². The summed E-state index contributed by atoms with van der Waals surface area (Å²) in [5, 5.41) is 4.26. The van der Waals surface area contributed by atoms with Gasteiger partial charge in [-0.15, -0.1) is 0 Å². The van der Waals surface area contributed by atoms with Gasteiger partial charge in [0.05, 0.1) is 12.3 Å². The van der Waals surface area contributed by atoms with Crippen molar-refractivity contribution >= 4 is 11.0 Å². The molecule has 2 heterocycles. The summed E-state index contributed by atoms with van der Waals surface area (Å²) in [5.41, 5.74) is 1.68. The standard InChI is InChI=1S/C15H16N2O3/c1-18-7-6-16-9-12-10-19-15(17-12)14-8-11-4-2-3-5-13(11)20-14/h2-5,8,10,16H,6-7,9H2,1H3. The van der Waals surface area contributed by atoms with Crippen LogP contribution in [0.3, 0.4) is 0 Å². The fraction of sp³-hybridized carbons (Fsp3) is 0.267. The first kappa shape index (κ1) is 12.9. The highest BCUT2D eigenvalue weighted by atomic mass is 16.5. The van der Waals surface area contributed by atoms with Crippen LogP contribution in [-0.4, -0.2) is 25.2 Å². The molecule has 0 unspecified atom stereocenters. The van der Waals surface area contributed by atoms with Crippen LogP contribution in [0.15, 0.2) is 45.4 Å². The molecule has 0 atom stereocenters. The van der Waals surface area contributed by atoms with Gasteiger partial charge in [0, 0.05) is 25.6 Å². The second-order valence-corrected chi connectivity index (χ2v) is 4.46. The maximum Gasteiger partial charge on any atom is 0.263 e. The van der Waals surface area contributed by atoms with Crippen molar-refractivity contribution in [3.05, 3.63) is 42.3 Å². The Morgan fingerprint density at radius 2 is 2.20 bits per heavy atom. The minimum atomic E-state index is 0.504. The zero-order valence-corrected chi connectivity index (χ0v) is 11.3. The first-order chi connectivity index (χ1) is 9.86. The van der Waals surface area contributed by atoms with Crippen LogP contribution in [0.25, 0.3) is 22.6 Å². The summed E-state index contributed by atoms with van der Waals surface area (Å²) in [5.74, 6) is 1.15. The Kier molecular flexibility index (Phi) is 3.80. The normalized spacial score (nSPS) is 11.2. The van der Waals surface area contributed by atoms with Crippen molar-refractivity contribution in [2.75, 3.05) is 20.3 Å². The van der Waals surface area contributed by atoms with E-state index >= 15 is 0 Å². The summed E-state index contributed by atoms with van der Waals surface area (Å²) < 4.78 is 16.1. The van der Waals surface area contributed by atoms with Gasteiger partial charge in [0.15, 0.2) is 5.76 Å². The van der Waals surface area contributed by atoms with E-state index in [1.165, 1.54) is 0 Å². The van der Waals surface area contributed by atoms with E-state index in [2.05, 4.69) is 10.3 Å². The van der Waals surface area contributed by atoms with Gasteiger partial charge in [0.1, 0.15) is 11.8 Å². The minimum Gasteiger partial charge on any atom is -0.451 e. The van der Waals surface area contributed by atoms with Crippen LogP contribution in [0.2, 0.25) is 0 Å². The third-order valence-electron chi connectivity index (χ3n) is 2.98. The molecule has 3 rings (SSSR count). The number of aromatic nitrogens is 1. The molecule has 20 heavy (non-hydrogen) atoms. The highest BCUT2D eigenvalue weighted by molar-refractivity contribution is 5.81. The Labute approximate surface area is 116 Å². The van der Waals surface area contributed by atoms with E-state index in [0.29, 0.717) is 24.8 Å². The molecule has 5 nitrogen and oxygen atoms in total. The van der Waals surface area contributed by atoms with E-state index in [1.54, 1.807) is 13.4 Å². The van der Waals surface area contributed by atoms with Gasteiger partial charge in [0.2, 0.25) is 0 Å². The van der Waals surface area contributed by atoms with E-state index in [4.69, 9.17) is 13.6 Å². The monoisotopic (exact) mass is 272 g/mol. The Hall–Kier alpha value is -2.11. The molecule has 0 aliphatic rings. The number of benzene rings is 1. The molecule has 0 amide bonds. The predicted octanol–water partition coefficient (Wildman–Crippen LogP) is 2.82. The van der Waals surface area contributed by atoms with Crippen molar-refractivity contribution < 1.29 is 13.6 Å². The van der Waals surface area contributed by atoms with Crippen LogP contribution >= 0.6 is 0 Å². The molecule has 0 saturated carbocycles. The lowest BCUT2D eigenvalue weighted by molar-refractivity contribution is 0.199. The molecule has 0 bridgehead atoms. The third-order valence-corrected chi connectivity index (χ3v) is 2.98. The molecular formula is C15H16N2O3. The first-order valence-corrected chi connectivity index (χ1v) is 6.50. The number of hydrogen-bond donors (Lipinski definition) is 1. The van der Waals surface area contributed by atoms with Crippen molar-refractivity contribution in [1.29, 1.82) is 0 Å². The number of hydrogen-bond acceptors (Lipinski definition) is 5. The van der Waals surface area contributed by atoms with Crippen LogP contribution in [0, 0.1) is 0 Å². The van der Waals surface area contributed by atoms with E-state index < -0.39 is 0 Å². The quantitative estimate of drug-likeness (QED) is 0.699. The van der Waals surface area contributed by atoms with Gasteiger partial charge in [-0.05, 0) is 12.1 Å². The summed E-state index contributed by atoms with van der Waals surface area (Å²) >= 11 is 0. The Morgan fingerprint density at radius 3 is 3.05 bits per heavy atom. The van der Waals surface area contributed by atoms with Crippen LogP contribution in [0.5, 0.6) is 0 Å². The zero-order chi connectivity index (χ0) is 13.8. The lowest BCUT2D eigenvalue weighted by Crippen LogP contribution is -2.18.